The summed E-state index contributed by atoms with van der Waals surface area (Å²) in [4.78, 5) is 28.2. The van der Waals surface area contributed by atoms with E-state index < -0.39 is 8.24 Å². The van der Waals surface area contributed by atoms with Crippen molar-refractivity contribution in [2.75, 3.05) is 0 Å². The summed E-state index contributed by atoms with van der Waals surface area (Å²) < 4.78 is 6.36. The van der Waals surface area contributed by atoms with Crippen molar-refractivity contribution in [3.8, 4) is 0 Å². The second-order valence-electron chi connectivity index (χ2n) is 23.0. The highest BCUT2D eigenvalue weighted by atomic mass is 79.9. The number of fused-ring (bicyclic) bond motifs is 4. The molecule has 0 saturated heterocycles. The van der Waals surface area contributed by atoms with Crippen LogP contribution in [0.1, 0.15) is 216 Å². The molecule has 12 rings (SSSR count). The highest BCUT2D eigenvalue weighted by Crippen LogP contribution is 2.47. The molecule has 4 fully saturated rings. The number of halogens is 4. The van der Waals surface area contributed by atoms with Crippen LogP contribution in [0.2, 0.25) is 16.6 Å². The molecule has 8 nitrogen and oxygen atoms in total. The summed E-state index contributed by atoms with van der Waals surface area (Å²) in [6, 6.07) is 17.1. The number of hydrogen-bond acceptors (Lipinski definition) is 4. The summed E-state index contributed by atoms with van der Waals surface area (Å²) in [5.41, 5.74) is 12.3. The fourth-order valence-electron chi connectivity index (χ4n) is 14.2. The molecular weight excluding hydrogens is 1190 g/mol. The number of nitrogens with zero attached hydrogens (tertiary/aromatic N) is 5. The third-order valence-corrected chi connectivity index (χ3v) is 26.1. The maximum absolute atomic E-state index is 5.02. The van der Waals surface area contributed by atoms with Crippen molar-refractivity contribution in [1.82, 2.24) is 39.1 Å². The van der Waals surface area contributed by atoms with E-state index in [4.69, 9.17) is 4.98 Å². The van der Waals surface area contributed by atoms with Gasteiger partial charge in [0.1, 0.15) is 41.0 Å². The summed E-state index contributed by atoms with van der Waals surface area (Å²) in [7, 11) is -1.80. The van der Waals surface area contributed by atoms with Gasteiger partial charge in [0, 0.05) is 46.3 Å². The van der Waals surface area contributed by atoms with E-state index >= 15 is 0 Å². The normalized spacial score (nSPS) is 17.7. The second-order valence-corrected chi connectivity index (χ2v) is 31.9. The Morgan fingerprint density at radius 1 is 0.392 bits per heavy atom. The lowest BCUT2D eigenvalue weighted by Crippen LogP contribution is -2.51. The number of rotatable bonds is 8. The lowest BCUT2D eigenvalue weighted by Gasteiger charge is -2.44. The largest absolute Gasteiger partial charge is 0.358 e. The van der Waals surface area contributed by atoms with E-state index in [1.54, 1.807) is 5.56 Å². The number of hydrogen-bond donors (Lipinski definition) is 3. The van der Waals surface area contributed by atoms with E-state index in [1.165, 1.54) is 172 Å². The van der Waals surface area contributed by atoms with Crippen LogP contribution in [0.15, 0.2) is 91.7 Å². The molecule has 4 aliphatic rings. The molecule has 0 aromatic carbocycles. The molecule has 3 N–H and O–H groups in total. The minimum atomic E-state index is -1.80. The Hall–Kier alpha value is -3.10. The maximum Gasteiger partial charge on any atom is 0.171 e. The molecule has 0 amide bonds. The number of H-pyrrole nitrogens is 3. The van der Waals surface area contributed by atoms with Gasteiger partial charge in [-0.3, -0.25) is 0 Å². The zero-order valence-corrected chi connectivity index (χ0v) is 52.2. The first-order valence-electron chi connectivity index (χ1n) is 28.4. The Labute approximate surface area is 475 Å². The van der Waals surface area contributed by atoms with Crippen molar-refractivity contribution in [3.05, 3.63) is 114 Å². The van der Waals surface area contributed by atoms with Crippen LogP contribution in [0, 0.1) is 0 Å². The number of pyridine rings is 4. The molecule has 4 aliphatic carbocycles. The van der Waals surface area contributed by atoms with Crippen LogP contribution in [-0.2, 0) is 0 Å². The molecule has 8 heterocycles. The molecule has 0 atom stereocenters. The predicted molar refractivity (Wildman–Crippen MR) is 329 cm³/mol. The predicted octanol–water partition coefficient (Wildman–Crippen LogP) is 21.0. The Kier molecular flexibility index (Phi) is 19.2. The van der Waals surface area contributed by atoms with E-state index in [9.17, 15) is 0 Å². The fraction of sp³-hybridized carbons (Fsp3) is 0.541. The monoisotopic (exact) mass is 1270 g/mol. The lowest BCUT2D eigenvalue weighted by molar-refractivity contribution is 0.445. The topological polar surface area (TPSA) is 104 Å². The van der Waals surface area contributed by atoms with Crippen LogP contribution >= 0.6 is 63.7 Å². The average Bonchev–Trinajstić information content (AvgIpc) is 4.22. The Morgan fingerprint density at radius 3 is 0.986 bits per heavy atom. The van der Waals surface area contributed by atoms with E-state index in [0.717, 1.165) is 53.1 Å². The first-order valence-corrected chi connectivity index (χ1v) is 33.8. The van der Waals surface area contributed by atoms with E-state index in [2.05, 4.69) is 195 Å². The zero-order chi connectivity index (χ0) is 51.9. The van der Waals surface area contributed by atoms with Crippen LogP contribution in [-0.4, -0.2) is 47.4 Å². The molecule has 396 valence electrons. The minimum Gasteiger partial charge on any atom is -0.358 e. The minimum absolute atomic E-state index is 0.679. The van der Waals surface area contributed by atoms with Gasteiger partial charge in [0.15, 0.2) is 8.24 Å². The fourth-order valence-corrected chi connectivity index (χ4v) is 22.0. The van der Waals surface area contributed by atoms with Crippen LogP contribution in [0.5, 0.6) is 0 Å². The average molecular weight is 1270 g/mol. The van der Waals surface area contributed by atoms with E-state index in [0.29, 0.717) is 22.5 Å². The molecule has 8 aromatic heterocycles. The van der Waals surface area contributed by atoms with Gasteiger partial charge < -0.3 is 19.2 Å². The smallest absolute Gasteiger partial charge is 0.171 e. The van der Waals surface area contributed by atoms with Gasteiger partial charge in [-0.2, -0.15) is 0 Å². The molecule has 4 saturated carbocycles. The van der Waals surface area contributed by atoms with Crippen LogP contribution in [0.3, 0.4) is 0 Å². The van der Waals surface area contributed by atoms with Gasteiger partial charge in [0.05, 0.1) is 0 Å². The summed E-state index contributed by atoms with van der Waals surface area (Å²) in [6.45, 7) is 14.6. The molecule has 0 spiro atoms. The zero-order valence-electron chi connectivity index (χ0n) is 44.9. The molecular formula is C61H80Br4N8Si. The second kappa shape index (κ2) is 25.6. The lowest BCUT2D eigenvalue weighted by atomic mass is 9.84. The van der Waals surface area contributed by atoms with Crippen molar-refractivity contribution in [3.63, 3.8) is 0 Å². The van der Waals surface area contributed by atoms with Gasteiger partial charge in [0.25, 0.3) is 0 Å². The van der Waals surface area contributed by atoms with Crippen molar-refractivity contribution < 1.29 is 0 Å². The van der Waals surface area contributed by atoms with Gasteiger partial charge in [-0.15, -0.1) is 0 Å². The molecule has 13 heteroatoms. The highest BCUT2D eigenvalue weighted by molar-refractivity contribution is 9.11. The van der Waals surface area contributed by atoms with Gasteiger partial charge in [-0.25, -0.2) is 19.9 Å². The Morgan fingerprint density at radius 2 is 0.676 bits per heavy atom. The first-order chi connectivity index (χ1) is 35.8. The quantitative estimate of drug-likeness (QED) is 0.104. The standard InChI is InChI=1S/C22H35BrN2Si.3C13H15BrN2/c1-15(2)26(16(3)4,17(5)6)25-14-20(18-10-8-7-9-11-18)19-12-13-21(23)24-22(19)25;3*14-12-7-6-10-11(8-15-13(10)16-12)9-4-2-1-3-5-9/h12-18H,7-11H2,1-6H3;3*6-9H,1-5H2,(H,15,16). The van der Waals surface area contributed by atoms with Gasteiger partial charge >= 0.3 is 0 Å². The maximum atomic E-state index is 5.02. The number of aromatic nitrogens is 8. The van der Waals surface area contributed by atoms with Crippen LogP contribution < -0.4 is 0 Å². The summed E-state index contributed by atoms with van der Waals surface area (Å²) in [5.74, 6) is 2.94. The van der Waals surface area contributed by atoms with Crippen LogP contribution in [0.4, 0.5) is 0 Å². The summed E-state index contributed by atoms with van der Waals surface area (Å²) >= 11 is 13.9. The van der Waals surface area contributed by atoms with Crippen molar-refractivity contribution in [2.24, 2.45) is 0 Å². The third-order valence-electron chi connectivity index (χ3n) is 17.6. The third kappa shape index (κ3) is 12.4. The Bertz CT molecular complexity index is 2820. The van der Waals surface area contributed by atoms with Gasteiger partial charge in [0.2, 0.25) is 0 Å². The number of nitrogens with one attached hydrogen (secondary N) is 3. The summed E-state index contributed by atoms with van der Waals surface area (Å²) in [6.07, 6.45) is 36.3. The molecule has 0 aliphatic heterocycles. The Balaban J connectivity index is 0.000000124. The van der Waals surface area contributed by atoms with Crippen LogP contribution in [0.25, 0.3) is 44.1 Å². The van der Waals surface area contributed by atoms with E-state index in [1.807, 2.05) is 18.2 Å². The molecule has 8 aromatic rings. The number of aromatic amines is 3. The first kappa shape index (κ1) is 55.6. The van der Waals surface area contributed by atoms with Gasteiger partial charge in [-0.05, 0) is 226 Å². The van der Waals surface area contributed by atoms with Gasteiger partial charge in [-0.1, -0.05) is 119 Å². The SMILES string of the molecule is Brc1ccc2c(C3CCCCC3)c[nH]c2n1.Brc1ccc2c(C3CCCCC3)c[nH]c2n1.Brc1ccc2c(C3CCCCC3)c[nH]c2n1.CC(C)[Si](C(C)C)(C(C)C)n1cc(C2CCCCC2)c2ccc(Br)nc21. The summed E-state index contributed by atoms with van der Waals surface area (Å²) in [5, 5.41) is 5.30. The van der Waals surface area contributed by atoms with E-state index in [-0.39, 0.29) is 0 Å². The van der Waals surface area contributed by atoms with Crippen molar-refractivity contribution in [2.45, 2.75) is 210 Å². The van der Waals surface area contributed by atoms with Crippen molar-refractivity contribution >= 4 is 116 Å². The molecule has 0 radical (unpaired) electrons. The van der Waals surface area contributed by atoms with Crippen molar-refractivity contribution in [1.29, 1.82) is 0 Å². The molecule has 74 heavy (non-hydrogen) atoms. The highest BCUT2D eigenvalue weighted by Gasteiger charge is 2.46. The molecule has 0 unspecified atom stereocenters. The molecule has 0 bridgehead atoms.